The SMILES string of the molecule is CN=C(NCC(C)(C)c1cccs1)N1CCCC2(CNC(=O)C2)C1. The van der Waals surface area contributed by atoms with Gasteiger partial charge in [0.1, 0.15) is 0 Å². The van der Waals surface area contributed by atoms with Crippen LogP contribution in [-0.4, -0.2) is 50.0 Å². The number of guanidine groups is 1. The number of aliphatic imine (C=N–C) groups is 1. The summed E-state index contributed by atoms with van der Waals surface area (Å²) in [6.07, 6.45) is 2.89. The number of nitrogens with zero attached hydrogens (tertiary/aromatic N) is 2. The molecule has 2 N–H and O–H groups in total. The van der Waals surface area contributed by atoms with Crippen LogP contribution in [0.1, 0.15) is 38.0 Å². The van der Waals surface area contributed by atoms with Gasteiger partial charge in [-0.2, -0.15) is 0 Å². The molecule has 0 saturated carbocycles. The first kappa shape index (κ1) is 17.3. The summed E-state index contributed by atoms with van der Waals surface area (Å²) in [6.45, 7) is 8.09. The van der Waals surface area contributed by atoms with Crippen LogP contribution in [0.25, 0.3) is 0 Å². The normalized spacial score (nSPS) is 25.2. The molecule has 6 heteroatoms. The van der Waals surface area contributed by atoms with E-state index < -0.39 is 0 Å². The second-order valence-corrected chi connectivity index (χ2v) is 8.69. The minimum Gasteiger partial charge on any atom is -0.355 e. The molecule has 132 valence electrons. The lowest BCUT2D eigenvalue weighted by Gasteiger charge is -2.41. The van der Waals surface area contributed by atoms with Crippen LogP contribution >= 0.6 is 11.3 Å². The summed E-state index contributed by atoms with van der Waals surface area (Å²) in [6, 6.07) is 4.30. The molecule has 0 aliphatic carbocycles. The molecule has 1 aromatic rings. The Morgan fingerprint density at radius 1 is 1.54 bits per heavy atom. The second-order valence-electron chi connectivity index (χ2n) is 7.74. The van der Waals surface area contributed by atoms with Gasteiger partial charge in [-0.15, -0.1) is 11.3 Å². The Balaban J connectivity index is 1.63. The highest BCUT2D eigenvalue weighted by Crippen LogP contribution is 2.36. The van der Waals surface area contributed by atoms with E-state index in [0.29, 0.717) is 6.42 Å². The highest BCUT2D eigenvalue weighted by molar-refractivity contribution is 7.10. The van der Waals surface area contributed by atoms with E-state index >= 15 is 0 Å². The number of nitrogens with one attached hydrogen (secondary N) is 2. The standard InChI is InChI=1S/C18H28N4OS/c1-17(2,14-6-4-9-24-14)11-21-16(19-3)22-8-5-7-18(13-22)10-15(23)20-12-18/h4,6,9H,5,7-8,10-13H2,1-3H3,(H,19,21)(H,20,23). The van der Waals surface area contributed by atoms with Crippen molar-refractivity contribution < 1.29 is 4.79 Å². The Hall–Kier alpha value is -1.56. The lowest BCUT2D eigenvalue weighted by molar-refractivity contribution is -0.119. The zero-order valence-corrected chi connectivity index (χ0v) is 15.7. The van der Waals surface area contributed by atoms with Crippen LogP contribution in [0.5, 0.6) is 0 Å². The number of likely N-dealkylation sites (tertiary alicyclic amines) is 1. The molecular formula is C18H28N4OS. The Morgan fingerprint density at radius 3 is 3.00 bits per heavy atom. The fraction of sp³-hybridized carbons (Fsp3) is 0.667. The maximum atomic E-state index is 11.7. The van der Waals surface area contributed by atoms with Gasteiger partial charge in [-0.25, -0.2) is 0 Å². The predicted molar refractivity (Wildman–Crippen MR) is 99.6 cm³/mol. The maximum Gasteiger partial charge on any atom is 0.220 e. The van der Waals surface area contributed by atoms with E-state index in [0.717, 1.165) is 45.0 Å². The molecule has 2 saturated heterocycles. The molecule has 2 aliphatic heterocycles. The molecule has 2 aliphatic rings. The van der Waals surface area contributed by atoms with Crippen molar-refractivity contribution in [3.63, 3.8) is 0 Å². The smallest absolute Gasteiger partial charge is 0.220 e. The molecule has 3 rings (SSSR count). The Kier molecular flexibility index (Phi) is 4.85. The molecule has 2 fully saturated rings. The van der Waals surface area contributed by atoms with Crippen LogP contribution in [0, 0.1) is 5.41 Å². The van der Waals surface area contributed by atoms with E-state index in [9.17, 15) is 4.79 Å². The lowest BCUT2D eigenvalue weighted by atomic mass is 9.79. The number of rotatable bonds is 3. The van der Waals surface area contributed by atoms with Gasteiger partial charge in [-0.05, 0) is 24.3 Å². The van der Waals surface area contributed by atoms with Crippen molar-refractivity contribution in [1.29, 1.82) is 0 Å². The Morgan fingerprint density at radius 2 is 2.38 bits per heavy atom. The molecule has 0 radical (unpaired) electrons. The van der Waals surface area contributed by atoms with Crippen molar-refractivity contribution in [1.82, 2.24) is 15.5 Å². The number of amides is 1. The van der Waals surface area contributed by atoms with Gasteiger partial charge in [-0.3, -0.25) is 9.79 Å². The van der Waals surface area contributed by atoms with E-state index in [1.807, 2.05) is 7.05 Å². The number of piperidine rings is 1. The zero-order valence-electron chi connectivity index (χ0n) is 14.9. The van der Waals surface area contributed by atoms with E-state index in [4.69, 9.17) is 0 Å². The minimum absolute atomic E-state index is 0.0719. The summed E-state index contributed by atoms with van der Waals surface area (Å²) < 4.78 is 0. The van der Waals surface area contributed by atoms with E-state index in [1.54, 1.807) is 11.3 Å². The number of carbonyl (C=O) groups is 1. The summed E-state index contributed by atoms with van der Waals surface area (Å²) in [7, 11) is 1.85. The molecule has 1 unspecified atom stereocenters. The zero-order chi connectivity index (χ0) is 17.2. The first-order chi connectivity index (χ1) is 11.4. The van der Waals surface area contributed by atoms with Gasteiger partial charge in [0.25, 0.3) is 0 Å². The van der Waals surface area contributed by atoms with Gasteiger partial charge in [0.15, 0.2) is 5.96 Å². The summed E-state index contributed by atoms with van der Waals surface area (Å²) >= 11 is 1.80. The van der Waals surface area contributed by atoms with Crippen molar-refractivity contribution in [2.45, 2.75) is 38.5 Å². The molecule has 3 heterocycles. The predicted octanol–water partition coefficient (Wildman–Crippen LogP) is 2.20. The fourth-order valence-corrected chi connectivity index (χ4v) is 4.66. The largest absolute Gasteiger partial charge is 0.355 e. The highest BCUT2D eigenvalue weighted by atomic mass is 32.1. The molecule has 5 nitrogen and oxygen atoms in total. The van der Waals surface area contributed by atoms with Gasteiger partial charge < -0.3 is 15.5 Å². The van der Waals surface area contributed by atoms with Gasteiger partial charge in [-0.1, -0.05) is 19.9 Å². The first-order valence-electron chi connectivity index (χ1n) is 8.70. The summed E-state index contributed by atoms with van der Waals surface area (Å²) in [5.74, 6) is 1.15. The lowest BCUT2D eigenvalue weighted by Crippen LogP contribution is -2.52. The van der Waals surface area contributed by atoms with E-state index in [2.05, 4.69) is 51.9 Å². The molecular weight excluding hydrogens is 320 g/mol. The molecule has 1 aromatic heterocycles. The minimum atomic E-state index is 0.0719. The van der Waals surface area contributed by atoms with Crippen LogP contribution in [0.15, 0.2) is 22.5 Å². The monoisotopic (exact) mass is 348 g/mol. The average Bonchev–Trinajstić information content (AvgIpc) is 3.19. The van der Waals surface area contributed by atoms with Crippen LogP contribution in [0.2, 0.25) is 0 Å². The quantitative estimate of drug-likeness (QED) is 0.650. The number of carbonyl (C=O) groups excluding carboxylic acids is 1. The van der Waals surface area contributed by atoms with Gasteiger partial charge in [0.2, 0.25) is 5.91 Å². The Labute approximate surface area is 148 Å². The third kappa shape index (κ3) is 3.58. The average molecular weight is 349 g/mol. The number of thiophene rings is 1. The van der Waals surface area contributed by atoms with Crippen LogP contribution in [0.3, 0.4) is 0 Å². The topological polar surface area (TPSA) is 56.7 Å². The van der Waals surface area contributed by atoms with Gasteiger partial charge >= 0.3 is 0 Å². The summed E-state index contributed by atoms with van der Waals surface area (Å²) in [5, 5.41) is 8.70. The van der Waals surface area contributed by atoms with E-state index in [1.165, 1.54) is 4.88 Å². The van der Waals surface area contributed by atoms with Crippen molar-refractivity contribution in [2.75, 3.05) is 33.2 Å². The first-order valence-corrected chi connectivity index (χ1v) is 9.58. The van der Waals surface area contributed by atoms with Crippen molar-refractivity contribution in [3.8, 4) is 0 Å². The van der Waals surface area contributed by atoms with Gasteiger partial charge in [0.05, 0.1) is 0 Å². The van der Waals surface area contributed by atoms with Crippen LogP contribution < -0.4 is 10.6 Å². The third-order valence-corrected chi connectivity index (χ3v) is 6.48. The molecule has 1 spiro atoms. The highest BCUT2D eigenvalue weighted by Gasteiger charge is 2.42. The molecule has 24 heavy (non-hydrogen) atoms. The number of hydrogen-bond acceptors (Lipinski definition) is 3. The van der Waals surface area contributed by atoms with Crippen molar-refractivity contribution >= 4 is 23.2 Å². The van der Waals surface area contributed by atoms with Crippen molar-refractivity contribution in [2.24, 2.45) is 10.4 Å². The molecule has 0 bridgehead atoms. The Bertz CT molecular complexity index is 611. The molecule has 1 amide bonds. The summed E-state index contributed by atoms with van der Waals surface area (Å²) in [5.41, 5.74) is 0.165. The number of hydrogen-bond donors (Lipinski definition) is 2. The fourth-order valence-electron chi connectivity index (χ4n) is 3.81. The van der Waals surface area contributed by atoms with Crippen molar-refractivity contribution in [3.05, 3.63) is 22.4 Å². The summed E-state index contributed by atoms with van der Waals surface area (Å²) in [4.78, 5) is 19.9. The van der Waals surface area contributed by atoms with E-state index in [-0.39, 0.29) is 16.7 Å². The molecule has 1 atom stereocenters. The van der Waals surface area contributed by atoms with Gasteiger partial charge in [0, 0.05) is 55.4 Å². The second kappa shape index (κ2) is 6.75. The van der Waals surface area contributed by atoms with Crippen LogP contribution in [-0.2, 0) is 10.2 Å². The third-order valence-electron chi connectivity index (χ3n) is 5.25. The van der Waals surface area contributed by atoms with Crippen LogP contribution in [0.4, 0.5) is 0 Å². The molecule has 0 aromatic carbocycles. The maximum absolute atomic E-state index is 11.7.